The van der Waals surface area contributed by atoms with E-state index in [9.17, 15) is 14.7 Å². The number of aliphatic hydroxyl groups excluding tert-OH is 2. The van der Waals surface area contributed by atoms with Crippen LogP contribution in [0.5, 0.6) is 0 Å². The van der Waals surface area contributed by atoms with Crippen molar-refractivity contribution >= 4 is 23.7 Å². The Bertz CT molecular complexity index is 1080. The molecule has 0 radical (unpaired) electrons. The molecule has 1 saturated heterocycles. The molecule has 6 nitrogen and oxygen atoms in total. The average Bonchev–Trinajstić information content (AvgIpc) is 3.22. The highest BCUT2D eigenvalue weighted by molar-refractivity contribution is 8.00. The third-order valence-corrected chi connectivity index (χ3v) is 6.71. The normalized spacial score (nSPS) is 18.8. The van der Waals surface area contributed by atoms with Gasteiger partial charge in [0.1, 0.15) is 18.1 Å². The number of thioether (sulfide) groups is 1. The molecule has 184 valence electrons. The molecule has 1 aliphatic heterocycles. The third kappa shape index (κ3) is 8.24. The zero-order chi connectivity index (χ0) is 25.2. The van der Waals surface area contributed by atoms with E-state index in [0.717, 1.165) is 16.7 Å². The maximum atomic E-state index is 12.3. The van der Waals surface area contributed by atoms with Gasteiger partial charge in [-0.05, 0) is 43.7 Å². The van der Waals surface area contributed by atoms with Gasteiger partial charge in [-0.15, -0.1) is 11.8 Å². The number of hydrogen-bond donors (Lipinski definition) is 2. The summed E-state index contributed by atoms with van der Waals surface area (Å²) < 4.78 is 10.9. The first-order valence-electron chi connectivity index (χ1n) is 11.4. The van der Waals surface area contributed by atoms with E-state index >= 15 is 0 Å². The summed E-state index contributed by atoms with van der Waals surface area (Å²) in [4.78, 5) is 24.5. The fourth-order valence-electron chi connectivity index (χ4n) is 3.38. The number of aliphatic hydroxyl groups is 2. The van der Waals surface area contributed by atoms with E-state index in [1.165, 1.54) is 11.8 Å². The van der Waals surface area contributed by atoms with Crippen molar-refractivity contribution in [1.82, 2.24) is 0 Å². The third-order valence-electron chi connectivity index (χ3n) is 5.42. The summed E-state index contributed by atoms with van der Waals surface area (Å²) in [6.07, 6.45) is -0.195. The largest absolute Gasteiger partial charge is 0.461 e. The lowest BCUT2D eigenvalue weighted by molar-refractivity contribution is 0.0178. The Morgan fingerprint density at radius 2 is 1.40 bits per heavy atom. The molecule has 35 heavy (non-hydrogen) atoms. The van der Waals surface area contributed by atoms with Crippen LogP contribution < -0.4 is 0 Å². The predicted octanol–water partition coefficient (Wildman–Crippen LogP) is 4.69. The molecule has 0 bridgehead atoms. The number of benzene rings is 3. The van der Waals surface area contributed by atoms with Crippen LogP contribution in [0, 0.1) is 13.8 Å². The molecule has 1 aliphatic rings. The summed E-state index contributed by atoms with van der Waals surface area (Å²) in [6.45, 7) is 4.09. The second kappa shape index (κ2) is 13.1. The summed E-state index contributed by atoms with van der Waals surface area (Å²) in [5, 5.41) is 18.2. The van der Waals surface area contributed by atoms with E-state index in [0.29, 0.717) is 17.5 Å². The van der Waals surface area contributed by atoms with Crippen molar-refractivity contribution in [2.45, 2.75) is 43.7 Å². The molecule has 0 aromatic heterocycles. The predicted molar refractivity (Wildman–Crippen MR) is 136 cm³/mol. The minimum Gasteiger partial charge on any atom is -0.461 e. The smallest absolute Gasteiger partial charge is 0.338 e. The summed E-state index contributed by atoms with van der Waals surface area (Å²) in [5.74, 6) is -0.870. The van der Waals surface area contributed by atoms with Gasteiger partial charge in [0, 0.05) is 6.42 Å². The van der Waals surface area contributed by atoms with E-state index < -0.39 is 23.5 Å². The lowest BCUT2D eigenvalue weighted by atomic mass is 10.1. The quantitative estimate of drug-likeness (QED) is 0.480. The van der Waals surface area contributed by atoms with E-state index in [2.05, 4.69) is 0 Å². The molecule has 0 amide bonds. The minimum absolute atomic E-state index is 0.0697. The summed E-state index contributed by atoms with van der Waals surface area (Å²) in [5.41, 5.74) is 3.36. The Labute approximate surface area is 209 Å². The maximum absolute atomic E-state index is 12.3. The maximum Gasteiger partial charge on any atom is 0.338 e. The minimum atomic E-state index is -0.649. The Morgan fingerprint density at radius 3 is 1.91 bits per heavy atom. The Morgan fingerprint density at radius 1 is 0.857 bits per heavy atom. The second-order valence-corrected chi connectivity index (χ2v) is 9.70. The number of esters is 2. The molecular weight excluding hydrogens is 464 g/mol. The van der Waals surface area contributed by atoms with Crippen LogP contribution in [-0.4, -0.2) is 45.5 Å². The van der Waals surface area contributed by atoms with Crippen LogP contribution in [-0.2, 0) is 16.1 Å². The van der Waals surface area contributed by atoms with Crippen LogP contribution in [0.3, 0.4) is 0 Å². The molecule has 2 N–H and O–H groups in total. The number of rotatable bonds is 6. The molecule has 1 heterocycles. The number of carbonyl (C=O) groups is 2. The van der Waals surface area contributed by atoms with Crippen LogP contribution >= 0.6 is 11.8 Å². The molecule has 0 spiro atoms. The highest BCUT2D eigenvalue weighted by Gasteiger charge is 2.38. The van der Waals surface area contributed by atoms with Crippen molar-refractivity contribution < 1.29 is 29.3 Å². The van der Waals surface area contributed by atoms with Gasteiger partial charge in [0.15, 0.2) is 0 Å². The molecule has 1 fully saturated rings. The molecule has 3 aromatic carbocycles. The van der Waals surface area contributed by atoms with Crippen LogP contribution in [0.15, 0.2) is 78.9 Å². The van der Waals surface area contributed by atoms with Gasteiger partial charge in [-0.3, -0.25) is 0 Å². The molecule has 7 heteroatoms. The van der Waals surface area contributed by atoms with E-state index in [4.69, 9.17) is 14.6 Å². The van der Waals surface area contributed by atoms with E-state index in [1.807, 2.05) is 68.4 Å². The average molecular weight is 495 g/mol. The van der Waals surface area contributed by atoms with Crippen molar-refractivity contribution in [3.63, 3.8) is 0 Å². The van der Waals surface area contributed by atoms with E-state index in [-0.39, 0.29) is 18.5 Å². The molecule has 0 aliphatic carbocycles. The summed E-state index contributed by atoms with van der Waals surface area (Å²) in [7, 11) is 0. The number of carbonyl (C=O) groups excluding carboxylic acids is 2. The SMILES string of the molecule is Cc1ccc(C(=O)OC[C@H]2SC(O)C[C@H]2OC(=O)c2ccc(C)cc2)cc1.OCc1ccccc1. The van der Waals surface area contributed by atoms with Crippen LogP contribution in [0.25, 0.3) is 0 Å². The van der Waals surface area contributed by atoms with Gasteiger partial charge in [-0.25, -0.2) is 9.59 Å². The molecule has 0 saturated carbocycles. The monoisotopic (exact) mass is 494 g/mol. The topological polar surface area (TPSA) is 93.1 Å². The molecule has 3 aromatic rings. The standard InChI is InChI=1S/C21H22O5S.C7H8O/c1-13-3-7-15(8-4-13)20(23)25-12-18-17(11-19(22)27-18)26-21(24)16-9-5-14(2)6-10-16;8-6-7-4-2-1-3-5-7/h3-10,17-19,22H,11-12H2,1-2H3;1-5,8H,6H2/t17-,18-,19?;/m1./s1. The lowest BCUT2D eigenvalue weighted by Crippen LogP contribution is -2.29. The number of aryl methyl sites for hydroxylation is 2. The van der Waals surface area contributed by atoms with Gasteiger partial charge in [-0.2, -0.15) is 0 Å². The first-order chi connectivity index (χ1) is 16.9. The van der Waals surface area contributed by atoms with Gasteiger partial charge in [0.2, 0.25) is 0 Å². The Hall–Kier alpha value is -3.13. The van der Waals surface area contributed by atoms with Gasteiger partial charge in [0.25, 0.3) is 0 Å². The zero-order valence-electron chi connectivity index (χ0n) is 19.8. The van der Waals surface area contributed by atoms with Gasteiger partial charge < -0.3 is 19.7 Å². The Balaban J connectivity index is 0.000000363. The van der Waals surface area contributed by atoms with Crippen molar-refractivity contribution in [1.29, 1.82) is 0 Å². The van der Waals surface area contributed by atoms with Crippen molar-refractivity contribution in [2.24, 2.45) is 0 Å². The highest BCUT2D eigenvalue weighted by Crippen LogP contribution is 2.35. The first kappa shape index (κ1) is 26.5. The van der Waals surface area contributed by atoms with Gasteiger partial charge in [-0.1, -0.05) is 65.7 Å². The fraction of sp³-hybridized carbons (Fsp3) is 0.286. The Kier molecular flexibility index (Phi) is 9.90. The molecule has 1 unspecified atom stereocenters. The second-order valence-electron chi connectivity index (χ2n) is 8.28. The van der Waals surface area contributed by atoms with Crippen LogP contribution in [0.2, 0.25) is 0 Å². The highest BCUT2D eigenvalue weighted by atomic mass is 32.2. The first-order valence-corrected chi connectivity index (χ1v) is 12.3. The molecule has 3 atom stereocenters. The number of ether oxygens (including phenoxy) is 2. The van der Waals surface area contributed by atoms with Crippen molar-refractivity contribution in [3.05, 3.63) is 107 Å². The van der Waals surface area contributed by atoms with Gasteiger partial charge in [0.05, 0.1) is 23.0 Å². The van der Waals surface area contributed by atoms with Crippen molar-refractivity contribution in [3.8, 4) is 0 Å². The van der Waals surface area contributed by atoms with Crippen LogP contribution in [0.4, 0.5) is 0 Å². The number of hydrogen-bond acceptors (Lipinski definition) is 7. The fourth-order valence-corrected chi connectivity index (χ4v) is 4.57. The molecular formula is C28H30O6S. The molecule has 4 rings (SSSR count). The summed E-state index contributed by atoms with van der Waals surface area (Å²) in [6, 6.07) is 23.7. The van der Waals surface area contributed by atoms with E-state index in [1.54, 1.807) is 24.3 Å². The zero-order valence-corrected chi connectivity index (χ0v) is 20.6. The summed E-state index contributed by atoms with van der Waals surface area (Å²) >= 11 is 1.25. The lowest BCUT2D eigenvalue weighted by Gasteiger charge is -2.19. The van der Waals surface area contributed by atoms with Gasteiger partial charge >= 0.3 is 11.9 Å². The van der Waals surface area contributed by atoms with Crippen molar-refractivity contribution in [2.75, 3.05) is 6.61 Å². The van der Waals surface area contributed by atoms with Crippen LogP contribution in [0.1, 0.15) is 43.8 Å².